The molecule has 19 heteroatoms. The standard InChI is InChI=1S/C20H23N11O5S3/c21-5-6-30-20(25-28-29-30)38-8-9-7-37-17-12(16(33)31(17)13(9)18(34)35)23-15(32)11(14-24-19(22)39-27-14)26-36-10-3-1-2-4-10/h1,3,10,12,17H,2,4-8,21H2,(H,23,32)(H,34,35)(H2,22,24,27)/b26-11-/t10?,12?,17-/m1/s1. The van der Waals surface area contributed by atoms with Gasteiger partial charge in [0, 0.05) is 29.6 Å². The Labute approximate surface area is 233 Å². The highest BCUT2D eigenvalue weighted by Crippen LogP contribution is 2.41. The second-order valence-corrected chi connectivity index (χ2v) is 11.3. The first-order valence-corrected chi connectivity index (χ1v) is 14.5. The number of nitrogens with one attached hydrogen (secondary N) is 1. The van der Waals surface area contributed by atoms with Gasteiger partial charge in [0.25, 0.3) is 11.8 Å². The monoisotopic (exact) mass is 593 g/mol. The zero-order valence-corrected chi connectivity index (χ0v) is 22.6. The van der Waals surface area contributed by atoms with Gasteiger partial charge in [0.1, 0.15) is 23.2 Å². The number of aliphatic carboxylic acids is 1. The Morgan fingerprint density at radius 2 is 2.23 bits per heavy atom. The summed E-state index contributed by atoms with van der Waals surface area (Å²) in [5.41, 5.74) is 11.5. The van der Waals surface area contributed by atoms with Crippen molar-refractivity contribution in [2.45, 2.75) is 42.1 Å². The third-order valence-electron chi connectivity index (χ3n) is 5.87. The Morgan fingerprint density at radius 3 is 2.92 bits per heavy atom. The van der Waals surface area contributed by atoms with E-state index in [1.807, 2.05) is 12.2 Å². The number of fused-ring (bicyclic) bond motifs is 1. The van der Waals surface area contributed by atoms with Gasteiger partial charge in [-0.05, 0) is 34.9 Å². The van der Waals surface area contributed by atoms with E-state index in [0.717, 1.165) is 18.0 Å². The summed E-state index contributed by atoms with van der Waals surface area (Å²) in [6, 6.07) is -0.976. The largest absolute Gasteiger partial charge is 0.477 e. The molecular formula is C20H23N11O5S3. The van der Waals surface area contributed by atoms with Gasteiger partial charge in [-0.3, -0.25) is 14.5 Å². The Hall–Kier alpha value is -3.55. The molecule has 0 radical (unpaired) electrons. The summed E-state index contributed by atoms with van der Waals surface area (Å²) in [6.45, 7) is 0.760. The van der Waals surface area contributed by atoms with E-state index < -0.39 is 29.2 Å². The van der Waals surface area contributed by atoms with Crippen LogP contribution in [-0.2, 0) is 25.8 Å². The number of nitrogen functional groups attached to an aromatic ring is 1. The quantitative estimate of drug-likeness (QED) is 0.0808. The molecule has 5 rings (SSSR count). The number of hydrogen-bond acceptors (Lipinski definition) is 15. The van der Waals surface area contributed by atoms with Crippen LogP contribution in [0.25, 0.3) is 0 Å². The lowest BCUT2D eigenvalue weighted by atomic mass is 10.0. The molecule has 0 bridgehead atoms. The number of nitrogens with zero attached hydrogens (tertiary/aromatic N) is 8. The van der Waals surface area contributed by atoms with Gasteiger partial charge in [0.05, 0.1) is 6.54 Å². The molecular weight excluding hydrogens is 570 g/mol. The topological polar surface area (TPSA) is 230 Å². The molecule has 39 heavy (non-hydrogen) atoms. The van der Waals surface area contributed by atoms with E-state index in [1.54, 1.807) is 0 Å². The second kappa shape index (κ2) is 11.7. The van der Waals surface area contributed by atoms with Crippen LogP contribution in [0, 0.1) is 0 Å². The second-order valence-electron chi connectivity index (χ2n) is 8.43. The molecule has 0 saturated carbocycles. The number of allylic oxidation sites excluding steroid dienone is 1. The van der Waals surface area contributed by atoms with Crippen LogP contribution in [-0.4, -0.2) is 98.6 Å². The van der Waals surface area contributed by atoms with Crippen LogP contribution in [0.15, 0.2) is 33.7 Å². The fraction of sp³-hybridized carbons (Fsp3) is 0.450. The molecule has 0 spiro atoms. The van der Waals surface area contributed by atoms with Crippen molar-refractivity contribution in [2.75, 3.05) is 23.8 Å². The van der Waals surface area contributed by atoms with Crippen LogP contribution in [0.3, 0.4) is 0 Å². The first-order chi connectivity index (χ1) is 18.9. The minimum atomic E-state index is -1.24. The number of rotatable bonds is 11. The van der Waals surface area contributed by atoms with Crippen LogP contribution in [0.4, 0.5) is 5.13 Å². The number of carboxylic acids is 1. The summed E-state index contributed by atoms with van der Waals surface area (Å²) < 4.78 is 5.57. The number of nitrogens with two attached hydrogens (primary N) is 2. The van der Waals surface area contributed by atoms with Gasteiger partial charge in [-0.25, -0.2) is 9.48 Å². The number of β-lactam (4-membered cyclic amide) rings is 1. The Bertz CT molecular complexity index is 1370. The van der Waals surface area contributed by atoms with Gasteiger partial charge in [0.15, 0.2) is 5.13 Å². The molecule has 4 heterocycles. The number of amides is 2. The van der Waals surface area contributed by atoms with E-state index in [4.69, 9.17) is 16.3 Å². The predicted molar refractivity (Wildman–Crippen MR) is 141 cm³/mol. The molecule has 206 valence electrons. The average molecular weight is 594 g/mol. The lowest BCUT2D eigenvalue weighted by Crippen LogP contribution is -2.71. The number of carboxylic acid groups (broad SMARTS) is 1. The number of hydrogen-bond donors (Lipinski definition) is 4. The van der Waals surface area contributed by atoms with Crippen LogP contribution in [0.5, 0.6) is 0 Å². The molecule has 1 saturated heterocycles. The predicted octanol–water partition coefficient (Wildman–Crippen LogP) is -0.964. The van der Waals surface area contributed by atoms with E-state index in [2.05, 4.69) is 35.4 Å². The maximum atomic E-state index is 13.2. The van der Waals surface area contributed by atoms with E-state index in [1.165, 1.54) is 33.1 Å². The number of aromatic nitrogens is 6. The zero-order chi connectivity index (χ0) is 27.5. The summed E-state index contributed by atoms with van der Waals surface area (Å²) in [6.07, 6.45) is 5.04. The molecule has 2 unspecified atom stereocenters. The summed E-state index contributed by atoms with van der Waals surface area (Å²) in [5.74, 6) is -1.97. The maximum absolute atomic E-state index is 13.2. The number of thioether (sulfide) groups is 2. The van der Waals surface area contributed by atoms with Gasteiger partial charge in [-0.1, -0.05) is 23.0 Å². The van der Waals surface area contributed by atoms with Crippen LogP contribution in [0.1, 0.15) is 18.7 Å². The average Bonchev–Trinajstić information content (AvgIpc) is 3.69. The van der Waals surface area contributed by atoms with Crippen molar-refractivity contribution in [3.63, 3.8) is 0 Å². The number of oxime groups is 1. The first-order valence-electron chi connectivity index (χ1n) is 11.7. The summed E-state index contributed by atoms with van der Waals surface area (Å²) in [5, 5.41) is 28.0. The zero-order valence-electron chi connectivity index (χ0n) is 20.2. The fourth-order valence-electron chi connectivity index (χ4n) is 4.05. The lowest BCUT2D eigenvalue weighted by molar-refractivity contribution is -0.150. The van der Waals surface area contributed by atoms with E-state index in [0.29, 0.717) is 36.0 Å². The van der Waals surface area contributed by atoms with Gasteiger partial charge >= 0.3 is 5.97 Å². The molecule has 16 nitrogen and oxygen atoms in total. The number of carbonyl (C=O) groups excluding carboxylic acids is 2. The summed E-state index contributed by atoms with van der Waals surface area (Å²) in [7, 11) is 0. The molecule has 3 aliphatic rings. The van der Waals surface area contributed by atoms with Crippen LogP contribution >= 0.6 is 35.1 Å². The van der Waals surface area contributed by atoms with Crippen LogP contribution < -0.4 is 16.8 Å². The molecule has 2 aromatic rings. The SMILES string of the molecule is NCCn1nnnc1SCC1=C(C(=O)O)N2C(=O)C(NC(=O)/C(=N\OC3C=CCC3)c3nsc(N)n3)[C@H]2SC1. The van der Waals surface area contributed by atoms with Gasteiger partial charge < -0.3 is 26.7 Å². The number of tetrazole rings is 1. The summed E-state index contributed by atoms with van der Waals surface area (Å²) >= 11 is 3.48. The van der Waals surface area contributed by atoms with Gasteiger partial charge in [-0.2, -0.15) is 9.36 Å². The number of anilines is 1. The maximum Gasteiger partial charge on any atom is 0.352 e. The Morgan fingerprint density at radius 1 is 1.38 bits per heavy atom. The first kappa shape index (κ1) is 27.0. The van der Waals surface area contributed by atoms with Crippen molar-refractivity contribution in [1.82, 2.24) is 39.8 Å². The van der Waals surface area contributed by atoms with E-state index in [9.17, 15) is 19.5 Å². The molecule has 6 N–H and O–H groups in total. The van der Waals surface area contributed by atoms with Crippen molar-refractivity contribution in [1.29, 1.82) is 0 Å². The molecule has 1 fully saturated rings. The van der Waals surface area contributed by atoms with Crippen molar-refractivity contribution in [2.24, 2.45) is 10.9 Å². The smallest absolute Gasteiger partial charge is 0.352 e. The van der Waals surface area contributed by atoms with Crippen molar-refractivity contribution >= 4 is 63.7 Å². The molecule has 2 amide bonds. The molecule has 2 aromatic heterocycles. The van der Waals surface area contributed by atoms with Gasteiger partial charge in [0.2, 0.25) is 16.7 Å². The lowest BCUT2D eigenvalue weighted by Gasteiger charge is -2.49. The van der Waals surface area contributed by atoms with E-state index in [-0.39, 0.29) is 34.2 Å². The van der Waals surface area contributed by atoms with Crippen molar-refractivity contribution in [3.8, 4) is 0 Å². The highest BCUT2D eigenvalue weighted by Gasteiger charge is 2.54. The van der Waals surface area contributed by atoms with Crippen LogP contribution in [0.2, 0.25) is 0 Å². The van der Waals surface area contributed by atoms with Crippen molar-refractivity contribution < 1.29 is 24.3 Å². The number of carbonyl (C=O) groups is 3. The Balaban J connectivity index is 1.30. The van der Waals surface area contributed by atoms with Gasteiger partial charge in [-0.15, -0.1) is 16.9 Å². The minimum Gasteiger partial charge on any atom is -0.477 e. The molecule has 2 aliphatic heterocycles. The third-order valence-corrected chi connectivity index (χ3v) is 8.79. The normalized spacial score (nSPS) is 22.6. The summed E-state index contributed by atoms with van der Waals surface area (Å²) in [4.78, 5) is 49.2. The minimum absolute atomic E-state index is 0.0284. The third kappa shape index (κ3) is 5.60. The van der Waals surface area contributed by atoms with Crippen molar-refractivity contribution in [3.05, 3.63) is 29.2 Å². The highest BCUT2D eigenvalue weighted by molar-refractivity contribution is 8.01. The molecule has 3 atom stereocenters. The Kier molecular flexibility index (Phi) is 8.10. The highest BCUT2D eigenvalue weighted by atomic mass is 32.2. The van der Waals surface area contributed by atoms with E-state index >= 15 is 0 Å². The molecule has 0 aromatic carbocycles. The molecule has 1 aliphatic carbocycles. The fourth-order valence-corrected chi connectivity index (χ4v) is 6.87.